The summed E-state index contributed by atoms with van der Waals surface area (Å²) < 4.78 is 22.3. The van der Waals surface area contributed by atoms with E-state index in [1.54, 1.807) is 6.08 Å². The van der Waals surface area contributed by atoms with Crippen molar-refractivity contribution in [3.8, 4) is 0 Å². The van der Waals surface area contributed by atoms with Crippen molar-refractivity contribution in [3.63, 3.8) is 0 Å². The van der Waals surface area contributed by atoms with Gasteiger partial charge < -0.3 is 21.1 Å². The van der Waals surface area contributed by atoms with Gasteiger partial charge in [-0.3, -0.25) is 13.8 Å². The first-order chi connectivity index (χ1) is 32.9. The molecule has 8 nitrogen and oxygen atoms in total. The lowest BCUT2D eigenvalue weighted by Crippen LogP contribution is -2.45. The molecule has 0 aliphatic rings. The Morgan fingerprint density at radius 1 is 0.478 bits per heavy atom. The highest BCUT2D eigenvalue weighted by Crippen LogP contribution is 2.43. The van der Waals surface area contributed by atoms with E-state index in [1.165, 1.54) is 263 Å². The molecule has 0 spiro atoms. The van der Waals surface area contributed by atoms with Crippen LogP contribution >= 0.6 is 7.82 Å². The molecule has 0 aromatic heterocycles. The number of carbonyl (C=O) groups excluding carboxylic acids is 1. The van der Waals surface area contributed by atoms with Crippen molar-refractivity contribution >= 4 is 13.7 Å². The minimum absolute atomic E-state index is 0.0818. The zero-order chi connectivity index (χ0) is 48.8. The highest BCUT2D eigenvalue weighted by Gasteiger charge is 2.27. The fourth-order valence-corrected chi connectivity index (χ4v) is 10.1. The summed E-state index contributed by atoms with van der Waals surface area (Å²) >= 11 is 0. The van der Waals surface area contributed by atoms with E-state index in [0.717, 1.165) is 38.5 Å². The Morgan fingerprint density at radius 2 is 0.761 bits per heavy atom. The number of carbonyl (C=O) groups is 1. The number of hydrogen-bond donors (Lipinski definition) is 4. The van der Waals surface area contributed by atoms with Crippen LogP contribution in [-0.4, -0.2) is 47.8 Å². The van der Waals surface area contributed by atoms with Gasteiger partial charge >= 0.3 is 7.82 Å². The van der Waals surface area contributed by atoms with Gasteiger partial charge in [0.1, 0.15) is 0 Å². The van der Waals surface area contributed by atoms with E-state index >= 15 is 0 Å². The van der Waals surface area contributed by atoms with Gasteiger partial charge in [0.2, 0.25) is 5.91 Å². The lowest BCUT2D eigenvalue weighted by atomic mass is 10.0. The second kappa shape index (κ2) is 54.6. The van der Waals surface area contributed by atoms with Crippen LogP contribution in [0.3, 0.4) is 0 Å². The summed E-state index contributed by atoms with van der Waals surface area (Å²) in [5.74, 6) is -0.186. The van der Waals surface area contributed by atoms with Crippen LogP contribution in [0.5, 0.6) is 0 Å². The van der Waals surface area contributed by atoms with Crippen molar-refractivity contribution in [2.75, 3.05) is 19.8 Å². The smallest absolute Gasteiger partial charge is 0.387 e. The molecule has 5 N–H and O–H groups in total. The minimum atomic E-state index is -4.34. The van der Waals surface area contributed by atoms with Gasteiger partial charge in [0, 0.05) is 13.0 Å². The highest BCUT2D eigenvalue weighted by atomic mass is 31.2. The number of aliphatic hydroxyl groups excluding tert-OH is 1. The number of unbranched alkanes of at least 4 members (excludes halogenated alkanes) is 45. The van der Waals surface area contributed by atoms with Gasteiger partial charge in [-0.15, -0.1) is 0 Å². The van der Waals surface area contributed by atoms with Crippen LogP contribution in [-0.2, 0) is 18.4 Å². The van der Waals surface area contributed by atoms with Crippen molar-refractivity contribution in [1.29, 1.82) is 0 Å². The number of allylic oxidation sites excluding steroid dienone is 1. The Balaban J connectivity index is 3.84. The van der Waals surface area contributed by atoms with Crippen LogP contribution in [0.25, 0.3) is 0 Å². The quantitative estimate of drug-likeness (QED) is 0.0271. The first-order valence-electron chi connectivity index (χ1n) is 29.8. The number of amides is 1. The predicted octanol–water partition coefficient (Wildman–Crippen LogP) is 18.2. The Kier molecular flexibility index (Phi) is 54.0. The molecule has 0 heterocycles. The number of phosphoric ester groups is 1. The van der Waals surface area contributed by atoms with Crippen molar-refractivity contribution in [2.24, 2.45) is 5.73 Å². The third-order valence-corrected chi connectivity index (χ3v) is 14.8. The molecule has 1 amide bonds. The Labute approximate surface area is 417 Å². The Morgan fingerprint density at radius 3 is 1.06 bits per heavy atom. The van der Waals surface area contributed by atoms with Gasteiger partial charge in [-0.1, -0.05) is 309 Å². The maximum atomic E-state index is 12.9. The van der Waals surface area contributed by atoms with E-state index in [2.05, 4.69) is 19.2 Å². The lowest BCUT2D eigenvalue weighted by Gasteiger charge is -2.23. The number of nitrogens with one attached hydrogen (secondary N) is 1. The molecule has 0 aromatic carbocycles. The topological polar surface area (TPSA) is 131 Å². The fourth-order valence-electron chi connectivity index (χ4n) is 9.37. The molecule has 0 rings (SSSR count). The van der Waals surface area contributed by atoms with Gasteiger partial charge in [0.05, 0.1) is 25.4 Å². The number of phosphoric acid groups is 1. The Hall–Kier alpha value is -0.760. The molecule has 0 saturated heterocycles. The van der Waals surface area contributed by atoms with Crippen LogP contribution in [0.1, 0.15) is 322 Å². The largest absolute Gasteiger partial charge is 0.472 e. The zero-order valence-corrected chi connectivity index (χ0v) is 45.8. The molecule has 1 unspecified atom stereocenters. The number of aliphatic hydroxyl groups is 1. The summed E-state index contributed by atoms with van der Waals surface area (Å²) in [6, 6.07) is -0.856. The minimum Gasteiger partial charge on any atom is -0.387 e. The Bertz CT molecular complexity index is 1060. The third-order valence-electron chi connectivity index (χ3n) is 13.9. The van der Waals surface area contributed by atoms with E-state index in [0.29, 0.717) is 6.42 Å². The number of rotatable bonds is 57. The molecule has 0 aliphatic heterocycles. The molecule has 400 valence electrons. The maximum absolute atomic E-state index is 12.9. The molecule has 67 heavy (non-hydrogen) atoms. The van der Waals surface area contributed by atoms with E-state index in [1.807, 2.05) is 6.08 Å². The summed E-state index contributed by atoms with van der Waals surface area (Å²) in [6.45, 7) is 4.19. The fraction of sp³-hybridized carbons (Fsp3) is 0.948. The SMILES string of the molecule is CCCCCCCCCCCCCCCC/C=C/[C@@H](O)[C@H](COP(=O)(O)OCCN)NC(=O)CCCCCCCCCCCCCCCCCCCCCCCCCCCCCCCCCC. The standard InChI is InChI=1S/C58H117N2O6P/c1-3-5-7-9-11-13-15-17-19-21-22-23-24-25-26-27-28-29-30-31-32-33-34-35-36-38-40-42-44-46-48-50-52-58(62)60-56(55-66-67(63,64)65-54-53-59)57(61)51-49-47-45-43-41-39-37-20-18-16-14-12-10-8-6-4-2/h49,51,56-57,61H,3-48,50,52-55,59H2,1-2H3,(H,60,62)(H,63,64)/b51-49+/t56-,57+/m0/s1. The van der Waals surface area contributed by atoms with Crippen LogP contribution in [0.15, 0.2) is 12.2 Å². The molecule has 0 aromatic rings. The summed E-state index contributed by atoms with van der Waals surface area (Å²) in [7, 11) is -4.34. The van der Waals surface area contributed by atoms with E-state index < -0.39 is 20.0 Å². The third kappa shape index (κ3) is 52.9. The van der Waals surface area contributed by atoms with E-state index in [9.17, 15) is 19.4 Å². The molecule has 0 fully saturated rings. The molecule has 0 radical (unpaired) electrons. The maximum Gasteiger partial charge on any atom is 0.472 e. The lowest BCUT2D eigenvalue weighted by molar-refractivity contribution is -0.123. The predicted molar refractivity (Wildman–Crippen MR) is 291 cm³/mol. The first-order valence-corrected chi connectivity index (χ1v) is 31.3. The molecule has 0 bridgehead atoms. The van der Waals surface area contributed by atoms with Crippen LogP contribution < -0.4 is 11.1 Å². The average Bonchev–Trinajstić information content (AvgIpc) is 3.32. The monoisotopic (exact) mass is 969 g/mol. The normalized spacial score (nSPS) is 13.7. The van der Waals surface area contributed by atoms with Crippen LogP contribution in [0.2, 0.25) is 0 Å². The molecule has 0 saturated carbocycles. The summed E-state index contributed by atoms with van der Waals surface area (Å²) in [5, 5.41) is 13.8. The first kappa shape index (κ1) is 66.2. The molecular formula is C58H117N2O6P. The molecular weight excluding hydrogens is 852 g/mol. The van der Waals surface area contributed by atoms with Crippen molar-refractivity contribution < 1.29 is 28.4 Å². The highest BCUT2D eigenvalue weighted by molar-refractivity contribution is 7.47. The van der Waals surface area contributed by atoms with Crippen LogP contribution in [0.4, 0.5) is 0 Å². The van der Waals surface area contributed by atoms with E-state index in [4.69, 9.17) is 14.8 Å². The van der Waals surface area contributed by atoms with Crippen molar-refractivity contribution in [2.45, 2.75) is 334 Å². The summed E-state index contributed by atoms with van der Waals surface area (Å²) in [5.41, 5.74) is 5.40. The molecule has 0 aliphatic carbocycles. The van der Waals surface area contributed by atoms with Crippen LogP contribution in [0, 0.1) is 0 Å². The van der Waals surface area contributed by atoms with Gasteiger partial charge in [0.15, 0.2) is 0 Å². The second-order valence-electron chi connectivity index (χ2n) is 20.6. The van der Waals surface area contributed by atoms with Gasteiger partial charge in [-0.25, -0.2) is 4.57 Å². The summed E-state index contributed by atoms with van der Waals surface area (Å²) in [6.07, 6.45) is 66.0. The van der Waals surface area contributed by atoms with Gasteiger partial charge in [-0.2, -0.15) is 0 Å². The second-order valence-corrected chi connectivity index (χ2v) is 22.0. The van der Waals surface area contributed by atoms with Gasteiger partial charge in [-0.05, 0) is 19.3 Å². The zero-order valence-electron chi connectivity index (χ0n) is 44.9. The van der Waals surface area contributed by atoms with E-state index in [-0.39, 0.29) is 25.7 Å². The van der Waals surface area contributed by atoms with Crippen molar-refractivity contribution in [3.05, 3.63) is 12.2 Å². The van der Waals surface area contributed by atoms with Crippen molar-refractivity contribution in [1.82, 2.24) is 5.32 Å². The molecule has 3 atom stereocenters. The number of nitrogens with two attached hydrogens (primary N) is 1. The average molecular weight is 970 g/mol. The molecule has 9 heteroatoms. The van der Waals surface area contributed by atoms with Gasteiger partial charge in [0.25, 0.3) is 0 Å². The number of hydrogen-bond acceptors (Lipinski definition) is 6. The summed E-state index contributed by atoms with van der Waals surface area (Å²) in [4.78, 5) is 22.9.